The topological polar surface area (TPSA) is 52.6 Å². The van der Waals surface area contributed by atoms with Crippen molar-refractivity contribution in [2.75, 3.05) is 25.5 Å². The Morgan fingerprint density at radius 3 is 2.35 bits per heavy atom. The molecule has 0 bridgehead atoms. The largest absolute Gasteiger partial charge is 0.506 e. The molecule has 2 N–H and O–H groups in total. The van der Waals surface area contributed by atoms with Gasteiger partial charge in [0.2, 0.25) is 0 Å². The molecule has 4 nitrogen and oxygen atoms in total. The van der Waals surface area contributed by atoms with Gasteiger partial charge < -0.3 is 15.3 Å². The number of aliphatic hydroxyl groups is 1. The van der Waals surface area contributed by atoms with Gasteiger partial charge >= 0.3 is 0 Å². The van der Waals surface area contributed by atoms with Crippen molar-refractivity contribution in [3.8, 4) is 11.1 Å². The maximum atomic E-state index is 13.7. The average Bonchev–Trinajstić information content (AvgIpc) is 3.34. The average molecular weight is 503 g/mol. The van der Waals surface area contributed by atoms with E-state index < -0.39 is 23.3 Å². The zero-order valence-corrected chi connectivity index (χ0v) is 19.8. The molecule has 0 aliphatic carbocycles. The van der Waals surface area contributed by atoms with Crippen molar-refractivity contribution in [3.05, 3.63) is 87.9 Å². The second kappa shape index (κ2) is 9.37. The molecule has 3 aromatic carbocycles. The van der Waals surface area contributed by atoms with Crippen molar-refractivity contribution in [1.29, 1.82) is 0 Å². The fraction of sp³-hybridized carbons (Fsp3) is 0.192. The molecule has 1 saturated heterocycles. The van der Waals surface area contributed by atoms with Crippen molar-refractivity contribution in [2.24, 2.45) is 0 Å². The molecule has 0 spiro atoms. The SMILES string of the molecule is CN1CCC(c2ccc(-c3cc4c(cc3Cl)NC(=O)C4=C(O)c3cc(F)cc(F)c3)cc2)C1.Cl. The first-order valence-electron chi connectivity index (χ1n) is 10.6. The van der Waals surface area contributed by atoms with E-state index in [-0.39, 0.29) is 23.5 Å². The zero-order chi connectivity index (χ0) is 23.3. The van der Waals surface area contributed by atoms with Crippen molar-refractivity contribution < 1.29 is 18.7 Å². The standard InChI is InChI=1S/C26H21ClF2N2O2.ClH/c1-31-7-6-16(13-31)14-2-4-15(5-3-14)20-11-21-23(12-22(20)27)30-26(33)24(21)25(32)17-8-18(28)10-19(29)9-17;/h2-5,8-12,16,32H,6-7,13H2,1H3,(H,30,33);1H. The van der Waals surface area contributed by atoms with Gasteiger partial charge in [0.05, 0.1) is 16.3 Å². The van der Waals surface area contributed by atoms with E-state index in [1.165, 1.54) is 5.56 Å². The summed E-state index contributed by atoms with van der Waals surface area (Å²) in [6.45, 7) is 2.11. The third-order valence-corrected chi connectivity index (χ3v) is 6.62. The van der Waals surface area contributed by atoms with Crippen molar-refractivity contribution in [1.82, 2.24) is 4.90 Å². The number of carbonyl (C=O) groups is 1. The number of fused-ring (bicyclic) bond motifs is 1. The molecule has 2 aliphatic rings. The number of hydrogen-bond acceptors (Lipinski definition) is 3. The maximum Gasteiger partial charge on any atom is 0.260 e. The molecule has 8 heteroatoms. The van der Waals surface area contributed by atoms with Gasteiger partial charge in [-0.25, -0.2) is 8.78 Å². The normalized spacial score (nSPS) is 18.9. The number of hydrogen-bond donors (Lipinski definition) is 2. The van der Waals surface area contributed by atoms with Crippen LogP contribution in [0.25, 0.3) is 22.5 Å². The third kappa shape index (κ3) is 4.41. The Hall–Kier alpha value is -2.93. The predicted molar refractivity (Wildman–Crippen MR) is 133 cm³/mol. The van der Waals surface area contributed by atoms with Gasteiger partial charge in [-0.3, -0.25) is 4.79 Å². The van der Waals surface area contributed by atoms with Gasteiger partial charge in [0, 0.05) is 29.3 Å². The van der Waals surface area contributed by atoms with Crippen LogP contribution in [-0.4, -0.2) is 36.1 Å². The highest BCUT2D eigenvalue weighted by atomic mass is 35.5. The van der Waals surface area contributed by atoms with Crippen LogP contribution in [0.5, 0.6) is 0 Å². The summed E-state index contributed by atoms with van der Waals surface area (Å²) in [6.07, 6.45) is 1.12. The Kier molecular flexibility index (Phi) is 6.67. The minimum absolute atomic E-state index is 0. The van der Waals surface area contributed by atoms with Crippen LogP contribution in [0.1, 0.15) is 29.0 Å². The van der Waals surface area contributed by atoms with Crippen LogP contribution in [0.4, 0.5) is 14.5 Å². The molecule has 5 rings (SSSR count). The van der Waals surface area contributed by atoms with Crippen LogP contribution in [0.2, 0.25) is 5.02 Å². The highest BCUT2D eigenvalue weighted by molar-refractivity contribution is 6.38. The second-order valence-corrected chi connectivity index (χ2v) is 8.99. The zero-order valence-electron chi connectivity index (χ0n) is 18.2. The fourth-order valence-electron chi connectivity index (χ4n) is 4.62. The molecule has 1 fully saturated rings. The molecule has 0 saturated carbocycles. The summed E-state index contributed by atoms with van der Waals surface area (Å²) in [5.41, 5.74) is 3.50. The Morgan fingerprint density at radius 2 is 1.74 bits per heavy atom. The highest BCUT2D eigenvalue weighted by Gasteiger charge is 2.30. The molecule has 34 heavy (non-hydrogen) atoms. The van der Waals surface area contributed by atoms with Crippen molar-refractivity contribution in [2.45, 2.75) is 12.3 Å². The summed E-state index contributed by atoms with van der Waals surface area (Å²) in [5.74, 6) is -2.26. The fourth-order valence-corrected chi connectivity index (χ4v) is 4.90. The molecular formula is C26H22Cl2F2N2O2. The van der Waals surface area contributed by atoms with Gasteiger partial charge in [0.25, 0.3) is 5.91 Å². The van der Waals surface area contributed by atoms with E-state index in [0.717, 1.165) is 37.2 Å². The maximum absolute atomic E-state index is 13.7. The number of aliphatic hydroxyl groups excluding tert-OH is 1. The van der Waals surface area contributed by atoms with Crippen LogP contribution in [0.15, 0.2) is 54.6 Å². The lowest BCUT2D eigenvalue weighted by atomic mass is 9.94. The van der Waals surface area contributed by atoms with E-state index >= 15 is 0 Å². The molecule has 1 amide bonds. The molecule has 176 valence electrons. The predicted octanol–water partition coefficient (Wildman–Crippen LogP) is 6.50. The molecule has 3 aromatic rings. The van der Waals surface area contributed by atoms with Gasteiger partial charge in [-0.15, -0.1) is 12.4 Å². The van der Waals surface area contributed by atoms with Gasteiger partial charge in [0.15, 0.2) is 0 Å². The van der Waals surface area contributed by atoms with Crippen molar-refractivity contribution >= 4 is 46.9 Å². The Morgan fingerprint density at radius 1 is 1.06 bits per heavy atom. The van der Waals surface area contributed by atoms with E-state index in [9.17, 15) is 18.7 Å². The lowest BCUT2D eigenvalue weighted by Crippen LogP contribution is -2.13. The highest BCUT2D eigenvalue weighted by Crippen LogP contribution is 2.42. The lowest BCUT2D eigenvalue weighted by molar-refractivity contribution is -0.110. The number of carbonyl (C=O) groups excluding carboxylic acids is 1. The molecule has 1 unspecified atom stereocenters. The lowest BCUT2D eigenvalue weighted by Gasteiger charge is -2.13. The number of likely N-dealkylation sites (N-methyl/N-ethyl adjacent to an activating group) is 1. The van der Waals surface area contributed by atoms with Crippen LogP contribution >= 0.6 is 24.0 Å². The van der Waals surface area contributed by atoms with Gasteiger partial charge in [0.1, 0.15) is 17.4 Å². The molecule has 0 radical (unpaired) electrons. The quantitative estimate of drug-likeness (QED) is 0.317. The minimum Gasteiger partial charge on any atom is -0.506 e. The monoisotopic (exact) mass is 502 g/mol. The van der Waals surface area contributed by atoms with Crippen molar-refractivity contribution in [3.63, 3.8) is 0 Å². The van der Waals surface area contributed by atoms with E-state index in [4.69, 9.17) is 11.6 Å². The molecule has 0 aromatic heterocycles. The van der Waals surface area contributed by atoms with Gasteiger partial charge in [-0.05, 0) is 61.3 Å². The molecule has 2 heterocycles. The molecule has 2 aliphatic heterocycles. The number of likely N-dealkylation sites (tertiary alicyclic amines) is 1. The first kappa shape index (κ1) is 24.2. The summed E-state index contributed by atoms with van der Waals surface area (Å²) in [4.78, 5) is 14.9. The van der Waals surface area contributed by atoms with E-state index in [0.29, 0.717) is 33.8 Å². The number of anilines is 1. The number of rotatable bonds is 3. The molecule has 1 atom stereocenters. The minimum atomic E-state index is -0.846. The third-order valence-electron chi connectivity index (χ3n) is 6.31. The van der Waals surface area contributed by atoms with E-state index in [1.54, 1.807) is 12.1 Å². The van der Waals surface area contributed by atoms with Gasteiger partial charge in [-0.2, -0.15) is 0 Å². The van der Waals surface area contributed by atoms with Crippen LogP contribution in [0.3, 0.4) is 0 Å². The van der Waals surface area contributed by atoms with Gasteiger partial charge in [-0.1, -0.05) is 35.9 Å². The Balaban J connectivity index is 0.00000274. The van der Waals surface area contributed by atoms with Crippen LogP contribution in [-0.2, 0) is 4.79 Å². The summed E-state index contributed by atoms with van der Waals surface area (Å²) >= 11 is 6.53. The summed E-state index contributed by atoms with van der Waals surface area (Å²) in [7, 11) is 2.12. The number of nitrogens with one attached hydrogen (secondary N) is 1. The Bertz CT molecular complexity index is 1290. The first-order chi connectivity index (χ1) is 15.8. The van der Waals surface area contributed by atoms with E-state index in [1.807, 2.05) is 12.1 Å². The van der Waals surface area contributed by atoms with Crippen LogP contribution in [0, 0.1) is 11.6 Å². The number of nitrogens with zero attached hydrogens (tertiary/aromatic N) is 1. The smallest absolute Gasteiger partial charge is 0.260 e. The summed E-state index contributed by atoms with van der Waals surface area (Å²) in [5, 5.41) is 13.9. The van der Waals surface area contributed by atoms with Crippen LogP contribution < -0.4 is 5.32 Å². The second-order valence-electron chi connectivity index (χ2n) is 8.58. The summed E-state index contributed by atoms with van der Waals surface area (Å²) < 4.78 is 27.4. The molecular weight excluding hydrogens is 481 g/mol. The number of halogens is 4. The first-order valence-corrected chi connectivity index (χ1v) is 11.0. The van der Waals surface area contributed by atoms with E-state index in [2.05, 4.69) is 29.4 Å². The number of amides is 1. The number of benzene rings is 3. The summed E-state index contributed by atoms with van der Waals surface area (Å²) in [6, 6.07) is 14.2. The Labute approximate surface area is 207 Å².